The van der Waals surface area contributed by atoms with Crippen LogP contribution in [0, 0.1) is 11.6 Å². The summed E-state index contributed by atoms with van der Waals surface area (Å²) in [4.78, 5) is 3.92. The summed E-state index contributed by atoms with van der Waals surface area (Å²) < 4.78 is 27.5. The van der Waals surface area contributed by atoms with Crippen LogP contribution in [0.1, 0.15) is 13.3 Å². The summed E-state index contributed by atoms with van der Waals surface area (Å²) in [6.07, 6.45) is 0.831. The van der Waals surface area contributed by atoms with Gasteiger partial charge in [-0.05, 0) is 18.2 Å². The van der Waals surface area contributed by atoms with E-state index in [9.17, 15) is 8.78 Å². The summed E-state index contributed by atoms with van der Waals surface area (Å²) in [5.74, 6) is -1.33. The van der Waals surface area contributed by atoms with Gasteiger partial charge in [-0.3, -0.25) is 0 Å². The van der Waals surface area contributed by atoms with Gasteiger partial charge in [0.1, 0.15) is 10.5 Å². The highest BCUT2D eigenvalue weighted by molar-refractivity contribution is 8.00. The largest absolute Gasteiger partial charge is 0.368 e. The minimum atomic E-state index is -0.699. The van der Waals surface area contributed by atoms with Gasteiger partial charge in [-0.1, -0.05) is 18.3 Å². The zero-order valence-electron chi connectivity index (χ0n) is 9.48. The van der Waals surface area contributed by atoms with E-state index in [1.807, 2.05) is 6.92 Å². The molecule has 0 saturated carbocycles. The number of halogens is 2. The van der Waals surface area contributed by atoms with Crippen molar-refractivity contribution in [3.63, 3.8) is 0 Å². The van der Waals surface area contributed by atoms with E-state index >= 15 is 0 Å². The Morgan fingerprint density at radius 2 is 2.22 bits per heavy atom. The van der Waals surface area contributed by atoms with E-state index in [1.54, 1.807) is 5.51 Å². The van der Waals surface area contributed by atoms with Crippen LogP contribution in [0.3, 0.4) is 0 Å². The summed E-state index contributed by atoms with van der Waals surface area (Å²) in [7, 11) is 0. The summed E-state index contributed by atoms with van der Waals surface area (Å²) in [5, 5.41) is 10.3. The van der Waals surface area contributed by atoms with Crippen molar-refractivity contribution in [3.8, 4) is 0 Å². The van der Waals surface area contributed by atoms with Crippen LogP contribution in [-0.2, 0) is 0 Å². The summed E-state index contributed by atoms with van der Waals surface area (Å²) in [6.45, 7) is 2.53. The predicted octanol–water partition coefficient (Wildman–Crippen LogP) is 3.18. The van der Waals surface area contributed by atoms with Gasteiger partial charge in [0.15, 0.2) is 21.8 Å². The maximum absolute atomic E-state index is 13.5. The van der Waals surface area contributed by atoms with E-state index in [4.69, 9.17) is 0 Å². The normalized spacial score (nSPS) is 10.6. The van der Waals surface area contributed by atoms with Gasteiger partial charge in [-0.15, -0.1) is 10.2 Å². The number of anilines is 1. The topological polar surface area (TPSA) is 50.7 Å². The number of nitrogens with zero attached hydrogens (tertiary/aromatic N) is 3. The average Bonchev–Trinajstić information content (AvgIpc) is 2.84. The molecule has 0 fully saturated rings. The van der Waals surface area contributed by atoms with E-state index in [2.05, 4.69) is 20.5 Å². The Kier molecular flexibility index (Phi) is 4.43. The molecule has 1 N–H and O–H groups in total. The molecule has 4 nitrogen and oxygen atoms in total. The van der Waals surface area contributed by atoms with E-state index in [1.165, 1.54) is 11.3 Å². The lowest BCUT2D eigenvalue weighted by molar-refractivity contribution is 0.551. The third-order valence-corrected chi connectivity index (χ3v) is 3.72. The lowest BCUT2D eigenvalue weighted by Crippen LogP contribution is -2.06. The highest BCUT2D eigenvalue weighted by Gasteiger charge is 2.14. The van der Waals surface area contributed by atoms with Crippen LogP contribution in [0.4, 0.5) is 14.6 Å². The van der Waals surface area contributed by atoms with Crippen LogP contribution in [0.2, 0.25) is 0 Å². The molecule has 18 heavy (non-hydrogen) atoms. The van der Waals surface area contributed by atoms with Crippen LogP contribution >= 0.6 is 23.1 Å². The standard InChI is InChI=1S/C10H10F2N4S2/c1-2-3-13-8-6(11)4-7(12)9(15-8)18-10-16-14-5-17-10/h4-5H,2-3H2,1H3,(H,13,15). The second-order valence-corrected chi connectivity index (χ2v) is 5.41. The molecule has 0 saturated heterocycles. The van der Waals surface area contributed by atoms with Gasteiger partial charge in [-0.2, -0.15) is 0 Å². The first-order valence-electron chi connectivity index (χ1n) is 5.24. The molecule has 8 heteroatoms. The zero-order valence-corrected chi connectivity index (χ0v) is 11.1. The van der Waals surface area contributed by atoms with E-state index < -0.39 is 11.6 Å². The number of rotatable bonds is 5. The molecule has 2 rings (SSSR count). The minimum Gasteiger partial charge on any atom is -0.368 e. The Bertz CT molecular complexity index is 519. The quantitative estimate of drug-likeness (QED) is 0.915. The van der Waals surface area contributed by atoms with Gasteiger partial charge in [0.25, 0.3) is 0 Å². The second kappa shape index (κ2) is 6.05. The third-order valence-electron chi connectivity index (χ3n) is 1.96. The molecule has 0 aliphatic carbocycles. The zero-order chi connectivity index (χ0) is 13.0. The van der Waals surface area contributed by atoms with Crippen LogP contribution in [0.5, 0.6) is 0 Å². The molecule has 0 spiro atoms. The highest BCUT2D eigenvalue weighted by Crippen LogP contribution is 2.30. The maximum Gasteiger partial charge on any atom is 0.180 e. The van der Waals surface area contributed by atoms with Crippen LogP contribution in [0.25, 0.3) is 0 Å². The molecule has 0 radical (unpaired) electrons. The molecule has 0 bridgehead atoms. The average molecular weight is 288 g/mol. The van der Waals surface area contributed by atoms with Gasteiger partial charge in [0.2, 0.25) is 0 Å². The van der Waals surface area contributed by atoms with E-state index in [0.717, 1.165) is 24.2 Å². The maximum atomic E-state index is 13.5. The van der Waals surface area contributed by atoms with E-state index in [-0.39, 0.29) is 10.8 Å². The van der Waals surface area contributed by atoms with Crippen molar-refractivity contribution >= 4 is 28.9 Å². The van der Waals surface area contributed by atoms with Crippen molar-refractivity contribution in [2.45, 2.75) is 22.7 Å². The fourth-order valence-electron chi connectivity index (χ4n) is 1.18. The Balaban J connectivity index is 2.23. The number of aromatic nitrogens is 3. The summed E-state index contributed by atoms with van der Waals surface area (Å²) >= 11 is 2.30. The molecule has 0 atom stereocenters. The molecular weight excluding hydrogens is 278 g/mol. The predicted molar refractivity (Wildman–Crippen MR) is 67.0 cm³/mol. The molecule has 0 aliphatic heterocycles. The first-order valence-corrected chi connectivity index (χ1v) is 6.94. The monoisotopic (exact) mass is 288 g/mol. The summed E-state index contributed by atoms with van der Waals surface area (Å²) in [6, 6.07) is 0.828. The lowest BCUT2D eigenvalue weighted by Gasteiger charge is -2.07. The number of pyridine rings is 1. The SMILES string of the molecule is CCCNc1nc(Sc2nncs2)c(F)cc1F. The van der Waals surface area contributed by atoms with Gasteiger partial charge >= 0.3 is 0 Å². The van der Waals surface area contributed by atoms with Crippen molar-refractivity contribution in [2.75, 3.05) is 11.9 Å². The fourth-order valence-corrected chi connectivity index (χ4v) is 2.56. The van der Waals surface area contributed by atoms with Crippen LogP contribution in [0.15, 0.2) is 20.9 Å². The molecule has 2 heterocycles. The number of hydrogen-bond acceptors (Lipinski definition) is 6. The van der Waals surface area contributed by atoms with Crippen molar-refractivity contribution in [1.29, 1.82) is 0 Å². The number of hydrogen-bond donors (Lipinski definition) is 1. The van der Waals surface area contributed by atoms with Gasteiger partial charge in [0.05, 0.1) is 0 Å². The van der Waals surface area contributed by atoms with Crippen molar-refractivity contribution < 1.29 is 8.78 Å². The van der Waals surface area contributed by atoms with Crippen molar-refractivity contribution in [2.24, 2.45) is 0 Å². The molecule has 0 unspecified atom stereocenters. The highest BCUT2D eigenvalue weighted by atomic mass is 32.2. The molecular formula is C10H10F2N4S2. The van der Waals surface area contributed by atoms with E-state index in [0.29, 0.717) is 10.9 Å². The molecule has 0 amide bonds. The van der Waals surface area contributed by atoms with Crippen molar-refractivity contribution in [3.05, 3.63) is 23.2 Å². The van der Waals surface area contributed by atoms with Gasteiger partial charge in [-0.25, -0.2) is 13.8 Å². The van der Waals surface area contributed by atoms with Gasteiger partial charge in [0, 0.05) is 12.6 Å². The fraction of sp³-hybridized carbons (Fsp3) is 0.300. The first kappa shape index (κ1) is 13.2. The summed E-state index contributed by atoms with van der Waals surface area (Å²) in [5.41, 5.74) is 1.54. The second-order valence-electron chi connectivity index (χ2n) is 3.34. The molecule has 0 aliphatic rings. The van der Waals surface area contributed by atoms with Crippen LogP contribution in [-0.4, -0.2) is 21.7 Å². The smallest absolute Gasteiger partial charge is 0.180 e. The molecule has 0 aromatic carbocycles. The molecule has 96 valence electrons. The van der Waals surface area contributed by atoms with Gasteiger partial charge < -0.3 is 5.32 Å². The van der Waals surface area contributed by atoms with Crippen LogP contribution < -0.4 is 5.32 Å². The Hall–Kier alpha value is -1.28. The minimum absolute atomic E-state index is 0.0604. The Labute approximate surface area is 111 Å². The molecule has 2 aromatic heterocycles. The molecule has 2 aromatic rings. The Morgan fingerprint density at radius 1 is 1.39 bits per heavy atom. The third kappa shape index (κ3) is 3.14. The van der Waals surface area contributed by atoms with Crippen molar-refractivity contribution in [1.82, 2.24) is 15.2 Å². The lowest BCUT2D eigenvalue weighted by atomic mass is 10.4. The number of nitrogens with one attached hydrogen (secondary N) is 1. The first-order chi connectivity index (χ1) is 8.70. The Morgan fingerprint density at radius 3 is 2.89 bits per heavy atom.